The van der Waals surface area contributed by atoms with Crippen molar-refractivity contribution in [2.75, 3.05) is 19.0 Å². The number of carbonyl (C=O) groups excluding carboxylic acids is 3. The van der Waals surface area contributed by atoms with E-state index in [1.807, 2.05) is 0 Å². The Morgan fingerprint density at radius 1 is 0.812 bits per heavy atom. The molecule has 0 aromatic heterocycles. The second-order valence-corrected chi connectivity index (χ2v) is 7.65. The van der Waals surface area contributed by atoms with E-state index in [0.717, 1.165) is 10.0 Å². The van der Waals surface area contributed by atoms with Crippen LogP contribution < -0.4 is 15.4 Å². The van der Waals surface area contributed by atoms with Gasteiger partial charge in [0.1, 0.15) is 18.9 Å². The fourth-order valence-electron chi connectivity index (χ4n) is 2.70. The van der Waals surface area contributed by atoms with Crippen LogP contribution in [0.5, 0.6) is 5.75 Å². The maximum Gasteiger partial charge on any atom is 0.325 e. The molecule has 0 unspecified atom stereocenters. The molecular weight excluding hydrogens is 476 g/mol. The zero-order chi connectivity index (χ0) is 22.9. The summed E-state index contributed by atoms with van der Waals surface area (Å²) in [6.07, 6.45) is 0. The van der Waals surface area contributed by atoms with E-state index in [1.165, 1.54) is 0 Å². The molecule has 3 aromatic rings. The van der Waals surface area contributed by atoms with Crippen molar-refractivity contribution in [2.24, 2.45) is 0 Å². The minimum Gasteiger partial charge on any atom is -0.497 e. The first-order valence-electron chi connectivity index (χ1n) is 9.68. The lowest BCUT2D eigenvalue weighted by Crippen LogP contribution is -2.30. The Morgan fingerprint density at radius 3 is 2.03 bits per heavy atom. The highest BCUT2D eigenvalue weighted by atomic mass is 79.9. The van der Waals surface area contributed by atoms with Gasteiger partial charge < -0.3 is 20.1 Å². The van der Waals surface area contributed by atoms with Gasteiger partial charge >= 0.3 is 5.97 Å². The first kappa shape index (κ1) is 23.0. The van der Waals surface area contributed by atoms with Crippen LogP contribution in [0.4, 0.5) is 5.69 Å². The van der Waals surface area contributed by atoms with Crippen LogP contribution in [0.2, 0.25) is 0 Å². The first-order valence-corrected chi connectivity index (χ1v) is 10.5. The Bertz CT molecular complexity index is 1080. The number of ether oxygens (including phenoxy) is 2. The molecule has 2 N–H and O–H groups in total. The molecule has 0 aliphatic heterocycles. The average Bonchev–Trinajstić information content (AvgIpc) is 2.82. The summed E-state index contributed by atoms with van der Waals surface area (Å²) in [7, 11) is 1.58. The van der Waals surface area contributed by atoms with Gasteiger partial charge in [-0.3, -0.25) is 14.4 Å². The van der Waals surface area contributed by atoms with Crippen LogP contribution in [0.1, 0.15) is 26.3 Å². The van der Waals surface area contributed by atoms with Crippen molar-refractivity contribution in [1.82, 2.24) is 5.32 Å². The molecular formula is C24H21BrN2O5. The van der Waals surface area contributed by atoms with Crippen molar-refractivity contribution in [3.05, 3.63) is 94.0 Å². The summed E-state index contributed by atoms with van der Waals surface area (Å²) in [6, 6.07) is 20.5. The molecule has 3 rings (SSSR count). The number of hydrogen-bond donors (Lipinski definition) is 2. The molecule has 0 heterocycles. The summed E-state index contributed by atoms with van der Waals surface area (Å²) in [5, 5.41) is 5.32. The third-order valence-electron chi connectivity index (χ3n) is 4.46. The van der Waals surface area contributed by atoms with Gasteiger partial charge in [-0.1, -0.05) is 28.1 Å². The van der Waals surface area contributed by atoms with Gasteiger partial charge in [0.15, 0.2) is 0 Å². The summed E-state index contributed by atoms with van der Waals surface area (Å²) in [4.78, 5) is 36.3. The molecule has 0 atom stereocenters. The predicted octanol–water partition coefficient (Wildman–Crippen LogP) is 4.18. The lowest BCUT2D eigenvalue weighted by atomic mass is 10.1. The topological polar surface area (TPSA) is 93.7 Å². The lowest BCUT2D eigenvalue weighted by Gasteiger charge is -2.08. The quantitative estimate of drug-likeness (QED) is 0.456. The van der Waals surface area contributed by atoms with Crippen LogP contribution >= 0.6 is 15.9 Å². The fourth-order valence-corrected chi connectivity index (χ4v) is 2.96. The van der Waals surface area contributed by atoms with E-state index in [0.29, 0.717) is 22.6 Å². The van der Waals surface area contributed by atoms with E-state index in [4.69, 9.17) is 9.47 Å². The number of hydrogen-bond acceptors (Lipinski definition) is 5. The minimum absolute atomic E-state index is 0.0351. The molecule has 2 amide bonds. The molecule has 0 bridgehead atoms. The standard InChI is InChI=1S/C24H21BrN2O5/c1-31-21-12-10-20(11-13-21)27-24(30)18-4-2-16(3-5-18)15-32-22(28)14-26-23(29)17-6-8-19(25)9-7-17/h2-13H,14-15H2,1H3,(H,26,29)(H,27,30). The number of esters is 1. The van der Waals surface area contributed by atoms with Crippen LogP contribution in [0.25, 0.3) is 0 Å². The highest BCUT2D eigenvalue weighted by molar-refractivity contribution is 9.10. The van der Waals surface area contributed by atoms with E-state index in [1.54, 1.807) is 79.9 Å². The van der Waals surface area contributed by atoms with Crippen molar-refractivity contribution in [3.63, 3.8) is 0 Å². The van der Waals surface area contributed by atoms with Crippen LogP contribution in [0.3, 0.4) is 0 Å². The highest BCUT2D eigenvalue weighted by Gasteiger charge is 2.10. The molecule has 0 saturated heterocycles. The lowest BCUT2D eigenvalue weighted by molar-refractivity contribution is -0.143. The third kappa shape index (κ3) is 6.68. The summed E-state index contributed by atoms with van der Waals surface area (Å²) in [6.45, 7) is -0.204. The van der Waals surface area contributed by atoms with Gasteiger partial charge in [-0.25, -0.2) is 0 Å². The molecule has 32 heavy (non-hydrogen) atoms. The van der Waals surface area contributed by atoms with Crippen LogP contribution in [-0.4, -0.2) is 31.4 Å². The monoisotopic (exact) mass is 496 g/mol. The molecule has 0 saturated carbocycles. The molecule has 0 spiro atoms. The fraction of sp³-hybridized carbons (Fsp3) is 0.125. The molecule has 0 fully saturated rings. The molecule has 8 heteroatoms. The van der Waals surface area contributed by atoms with Crippen molar-refractivity contribution < 1.29 is 23.9 Å². The normalized spacial score (nSPS) is 10.2. The zero-order valence-electron chi connectivity index (χ0n) is 17.3. The van der Waals surface area contributed by atoms with Crippen molar-refractivity contribution in [3.8, 4) is 5.75 Å². The second-order valence-electron chi connectivity index (χ2n) is 6.73. The Morgan fingerprint density at radius 2 is 1.41 bits per heavy atom. The maximum atomic E-state index is 12.4. The summed E-state index contributed by atoms with van der Waals surface area (Å²) in [5.41, 5.74) is 2.29. The minimum atomic E-state index is -0.559. The number of methoxy groups -OCH3 is 1. The molecule has 0 radical (unpaired) electrons. The van der Waals surface area contributed by atoms with Gasteiger partial charge in [0, 0.05) is 21.3 Å². The first-order chi connectivity index (χ1) is 15.4. The largest absolute Gasteiger partial charge is 0.497 e. The number of anilines is 1. The SMILES string of the molecule is COc1ccc(NC(=O)c2ccc(COC(=O)CNC(=O)c3ccc(Br)cc3)cc2)cc1. The summed E-state index contributed by atoms with van der Waals surface area (Å²) >= 11 is 3.30. The van der Waals surface area contributed by atoms with Gasteiger partial charge in [-0.2, -0.15) is 0 Å². The molecule has 3 aromatic carbocycles. The van der Waals surface area contributed by atoms with Crippen molar-refractivity contribution >= 4 is 39.4 Å². The van der Waals surface area contributed by atoms with Gasteiger partial charge in [0.2, 0.25) is 0 Å². The van der Waals surface area contributed by atoms with E-state index < -0.39 is 5.97 Å². The predicted molar refractivity (Wildman–Crippen MR) is 124 cm³/mol. The third-order valence-corrected chi connectivity index (χ3v) is 4.99. The Hall–Kier alpha value is -3.65. The molecule has 0 aliphatic carbocycles. The Kier molecular flexibility index (Phi) is 7.99. The number of carbonyl (C=O) groups is 3. The molecule has 7 nitrogen and oxygen atoms in total. The Balaban J connectivity index is 1.44. The van der Waals surface area contributed by atoms with Crippen molar-refractivity contribution in [1.29, 1.82) is 0 Å². The molecule has 164 valence electrons. The maximum absolute atomic E-state index is 12.4. The van der Waals surface area contributed by atoms with Gasteiger partial charge in [-0.05, 0) is 66.2 Å². The zero-order valence-corrected chi connectivity index (χ0v) is 18.8. The number of nitrogens with one attached hydrogen (secondary N) is 2. The van der Waals surface area contributed by atoms with Gasteiger partial charge in [0.25, 0.3) is 11.8 Å². The highest BCUT2D eigenvalue weighted by Crippen LogP contribution is 2.16. The smallest absolute Gasteiger partial charge is 0.325 e. The summed E-state index contributed by atoms with van der Waals surface area (Å²) < 4.78 is 11.1. The van der Waals surface area contributed by atoms with Gasteiger partial charge in [-0.15, -0.1) is 0 Å². The number of halogens is 1. The Labute approximate surface area is 193 Å². The number of rotatable bonds is 8. The van der Waals surface area contributed by atoms with E-state index in [-0.39, 0.29) is 25.0 Å². The van der Waals surface area contributed by atoms with Gasteiger partial charge in [0.05, 0.1) is 7.11 Å². The van der Waals surface area contributed by atoms with Crippen LogP contribution in [0.15, 0.2) is 77.3 Å². The number of amides is 2. The molecule has 0 aliphatic rings. The van der Waals surface area contributed by atoms with E-state index in [9.17, 15) is 14.4 Å². The second kappa shape index (κ2) is 11.1. The van der Waals surface area contributed by atoms with Crippen LogP contribution in [-0.2, 0) is 16.1 Å². The van der Waals surface area contributed by atoms with Crippen LogP contribution in [0, 0.1) is 0 Å². The van der Waals surface area contributed by atoms with E-state index >= 15 is 0 Å². The average molecular weight is 497 g/mol. The summed E-state index contributed by atoms with van der Waals surface area (Å²) in [5.74, 6) is -0.470. The number of benzene rings is 3. The van der Waals surface area contributed by atoms with E-state index in [2.05, 4.69) is 26.6 Å². The van der Waals surface area contributed by atoms with Crippen molar-refractivity contribution in [2.45, 2.75) is 6.61 Å².